The Morgan fingerprint density at radius 2 is 2.20 bits per heavy atom. The van der Waals surface area contributed by atoms with Gasteiger partial charge >= 0.3 is 6.18 Å². The highest BCUT2D eigenvalue weighted by Gasteiger charge is 2.28. The van der Waals surface area contributed by atoms with Crippen LogP contribution in [0, 0.1) is 6.92 Å². The summed E-state index contributed by atoms with van der Waals surface area (Å²) in [5.74, 6) is 5.83. The smallest absolute Gasteiger partial charge is 0.389 e. The number of nitrogens with two attached hydrogens (primary N) is 1. The van der Waals surface area contributed by atoms with Gasteiger partial charge < -0.3 is 4.42 Å². The summed E-state index contributed by atoms with van der Waals surface area (Å²) >= 11 is 0. The molecule has 6 heteroatoms. The van der Waals surface area contributed by atoms with Gasteiger partial charge in [-0.25, -0.2) is 0 Å². The molecule has 86 valence electrons. The summed E-state index contributed by atoms with van der Waals surface area (Å²) in [6, 6.07) is 1.14. The van der Waals surface area contributed by atoms with E-state index >= 15 is 0 Å². The Balaban J connectivity index is 2.57. The third kappa shape index (κ3) is 3.93. The van der Waals surface area contributed by atoms with Gasteiger partial charge in [0, 0.05) is 18.0 Å². The maximum absolute atomic E-state index is 12.0. The standard InChI is InChI=1S/C9H13F3N2O/c1-6-4-7(5-15-6)8(14-13)2-3-9(10,11)12/h4-5,8,14H,2-3,13H2,1H3. The van der Waals surface area contributed by atoms with E-state index in [9.17, 15) is 13.2 Å². The fourth-order valence-corrected chi connectivity index (χ4v) is 1.30. The van der Waals surface area contributed by atoms with E-state index in [2.05, 4.69) is 5.43 Å². The summed E-state index contributed by atoms with van der Waals surface area (Å²) in [6.07, 6.45) is -3.71. The van der Waals surface area contributed by atoms with Crippen molar-refractivity contribution < 1.29 is 17.6 Å². The van der Waals surface area contributed by atoms with Crippen LogP contribution in [-0.2, 0) is 0 Å². The van der Waals surface area contributed by atoms with E-state index in [4.69, 9.17) is 10.3 Å². The molecule has 0 spiro atoms. The largest absolute Gasteiger partial charge is 0.469 e. The molecule has 0 amide bonds. The molecule has 0 aliphatic rings. The predicted molar refractivity (Wildman–Crippen MR) is 48.8 cm³/mol. The van der Waals surface area contributed by atoms with Crippen molar-refractivity contribution in [2.45, 2.75) is 32.0 Å². The van der Waals surface area contributed by atoms with E-state index in [1.165, 1.54) is 6.26 Å². The molecular weight excluding hydrogens is 209 g/mol. The highest BCUT2D eigenvalue weighted by Crippen LogP contribution is 2.27. The van der Waals surface area contributed by atoms with Crippen LogP contribution in [0.2, 0.25) is 0 Å². The van der Waals surface area contributed by atoms with E-state index in [0.29, 0.717) is 11.3 Å². The molecule has 1 aromatic heterocycles. The van der Waals surface area contributed by atoms with Crippen molar-refractivity contribution in [1.82, 2.24) is 5.43 Å². The number of hydrogen-bond acceptors (Lipinski definition) is 3. The van der Waals surface area contributed by atoms with Gasteiger partial charge in [-0.05, 0) is 19.4 Å². The zero-order valence-electron chi connectivity index (χ0n) is 8.27. The molecular formula is C9H13F3N2O. The Morgan fingerprint density at radius 1 is 1.53 bits per heavy atom. The zero-order valence-corrected chi connectivity index (χ0v) is 8.27. The van der Waals surface area contributed by atoms with E-state index in [1.807, 2.05) is 0 Å². The first-order chi connectivity index (χ1) is 6.92. The Kier molecular flexibility index (Phi) is 3.76. The summed E-state index contributed by atoms with van der Waals surface area (Å²) in [5, 5.41) is 0. The number of nitrogens with one attached hydrogen (secondary N) is 1. The number of halogens is 3. The lowest BCUT2D eigenvalue weighted by Crippen LogP contribution is -2.28. The molecule has 3 nitrogen and oxygen atoms in total. The van der Waals surface area contributed by atoms with Crippen molar-refractivity contribution in [3.8, 4) is 0 Å². The number of rotatable bonds is 4. The lowest BCUT2D eigenvalue weighted by Gasteiger charge is -2.14. The highest BCUT2D eigenvalue weighted by molar-refractivity contribution is 5.16. The first-order valence-corrected chi connectivity index (χ1v) is 4.50. The van der Waals surface area contributed by atoms with Gasteiger partial charge in [0.05, 0.1) is 6.26 Å². The quantitative estimate of drug-likeness (QED) is 0.607. The second kappa shape index (κ2) is 4.67. The molecule has 1 heterocycles. The molecule has 1 aromatic rings. The molecule has 0 aliphatic heterocycles. The van der Waals surface area contributed by atoms with E-state index in [0.717, 1.165) is 0 Å². The second-order valence-corrected chi connectivity index (χ2v) is 3.36. The van der Waals surface area contributed by atoms with Crippen LogP contribution in [0.5, 0.6) is 0 Å². The number of alkyl halides is 3. The molecule has 1 unspecified atom stereocenters. The molecule has 1 atom stereocenters. The summed E-state index contributed by atoms with van der Waals surface area (Å²) in [6.45, 7) is 1.72. The van der Waals surface area contributed by atoms with Crippen molar-refractivity contribution in [3.05, 3.63) is 23.7 Å². The Labute approximate surface area is 85.4 Å². The minimum absolute atomic E-state index is 0.0982. The van der Waals surface area contributed by atoms with Gasteiger partial charge in [0.2, 0.25) is 0 Å². The molecule has 0 saturated carbocycles. The topological polar surface area (TPSA) is 51.2 Å². The van der Waals surface area contributed by atoms with Crippen LogP contribution in [0.4, 0.5) is 13.2 Å². The minimum atomic E-state index is -4.16. The first-order valence-electron chi connectivity index (χ1n) is 4.50. The van der Waals surface area contributed by atoms with Gasteiger partial charge in [-0.15, -0.1) is 0 Å². The molecule has 0 saturated heterocycles. The average molecular weight is 222 g/mol. The van der Waals surface area contributed by atoms with Crippen LogP contribution < -0.4 is 11.3 Å². The van der Waals surface area contributed by atoms with Gasteiger partial charge in [-0.3, -0.25) is 11.3 Å². The van der Waals surface area contributed by atoms with Crippen LogP contribution in [-0.4, -0.2) is 6.18 Å². The Hall–Kier alpha value is -1.01. The molecule has 0 aromatic carbocycles. The van der Waals surface area contributed by atoms with Crippen LogP contribution in [0.15, 0.2) is 16.7 Å². The van der Waals surface area contributed by atoms with Crippen molar-refractivity contribution in [2.24, 2.45) is 5.84 Å². The van der Waals surface area contributed by atoms with E-state index in [-0.39, 0.29) is 6.42 Å². The maximum Gasteiger partial charge on any atom is 0.389 e. The molecule has 1 rings (SSSR count). The molecule has 15 heavy (non-hydrogen) atoms. The maximum atomic E-state index is 12.0. The van der Waals surface area contributed by atoms with E-state index < -0.39 is 18.6 Å². The van der Waals surface area contributed by atoms with Gasteiger partial charge in [-0.1, -0.05) is 0 Å². The van der Waals surface area contributed by atoms with Gasteiger partial charge in [-0.2, -0.15) is 13.2 Å². The van der Waals surface area contributed by atoms with Gasteiger partial charge in [0.25, 0.3) is 0 Å². The third-order valence-corrected chi connectivity index (χ3v) is 2.07. The van der Waals surface area contributed by atoms with Crippen LogP contribution in [0.3, 0.4) is 0 Å². The fraction of sp³-hybridized carbons (Fsp3) is 0.556. The van der Waals surface area contributed by atoms with Gasteiger partial charge in [0.15, 0.2) is 0 Å². The summed E-state index contributed by atoms with van der Waals surface area (Å²) < 4.78 is 40.9. The van der Waals surface area contributed by atoms with Crippen LogP contribution >= 0.6 is 0 Å². The molecule has 0 fully saturated rings. The minimum Gasteiger partial charge on any atom is -0.469 e. The SMILES string of the molecule is Cc1cc(C(CCC(F)(F)F)NN)co1. The average Bonchev–Trinajstić information content (AvgIpc) is 2.51. The lowest BCUT2D eigenvalue weighted by atomic mass is 10.1. The predicted octanol–water partition coefficient (Wildman–Crippen LogP) is 2.43. The lowest BCUT2D eigenvalue weighted by molar-refractivity contribution is -0.136. The summed E-state index contributed by atoms with van der Waals surface area (Å²) in [5.41, 5.74) is 2.98. The number of hydrogen-bond donors (Lipinski definition) is 2. The zero-order chi connectivity index (χ0) is 11.5. The monoisotopic (exact) mass is 222 g/mol. The second-order valence-electron chi connectivity index (χ2n) is 3.36. The van der Waals surface area contributed by atoms with Crippen molar-refractivity contribution in [2.75, 3.05) is 0 Å². The van der Waals surface area contributed by atoms with E-state index in [1.54, 1.807) is 13.0 Å². The fourth-order valence-electron chi connectivity index (χ4n) is 1.30. The summed E-state index contributed by atoms with van der Waals surface area (Å²) in [7, 11) is 0. The van der Waals surface area contributed by atoms with Crippen molar-refractivity contribution in [1.29, 1.82) is 0 Å². The Morgan fingerprint density at radius 3 is 2.60 bits per heavy atom. The highest BCUT2D eigenvalue weighted by atomic mass is 19.4. The summed E-state index contributed by atoms with van der Waals surface area (Å²) in [4.78, 5) is 0. The first kappa shape index (κ1) is 12.1. The molecule has 0 bridgehead atoms. The molecule has 3 N–H and O–H groups in total. The number of furan rings is 1. The number of hydrazine groups is 1. The van der Waals surface area contributed by atoms with Crippen LogP contribution in [0.25, 0.3) is 0 Å². The third-order valence-electron chi connectivity index (χ3n) is 2.07. The normalized spacial score (nSPS) is 14.2. The molecule has 0 radical (unpaired) electrons. The number of aryl methyl sites for hydroxylation is 1. The van der Waals surface area contributed by atoms with Crippen molar-refractivity contribution >= 4 is 0 Å². The van der Waals surface area contributed by atoms with Crippen LogP contribution in [0.1, 0.15) is 30.2 Å². The Bertz CT molecular complexity index is 309. The molecule has 0 aliphatic carbocycles. The van der Waals surface area contributed by atoms with Crippen molar-refractivity contribution in [3.63, 3.8) is 0 Å². The van der Waals surface area contributed by atoms with Gasteiger partial charge in [0.1, 0.15) is 5.76 Å².